The van der Waals surface area contributed by atoms with Gasteiger partial charge in [0.1, 0.15) is 24.9 Å². The van der Waals surface area contributed by atoms with Gasteiger partial charge in [0.05, 0.1) is 5.56 Å². The van der Waals surface area contributed by atoms with Crippen molar-refractivity contribution in [1.82, 2.24) is 0 Å². The molecule has 0 aliphatic rings. The van der Waals surface area contributed by atoms with Crippen LogP contribution in [-0.2, 0) is 21.2 Å². The number of ether oxygens (including phenoxy) is 2. The van der Waals surface area contributed by atoms with Crippen molar-refractivity contribution in [3.8, 4) is 5.75 Å². The Balaban J connectivity index is 2.57. The van der Waals surface area contributed by atoms with E-state index in [1.807, 2.05) is 0 Å². The lowest BCUT2D eigenvalue weighted by atomic mass is 9.95. The minimum atomic E-state index is -6.50. The van der Waals surface area contributed by atoms with E-state index in [0.717, 1.165) is 18.2 Å². The highest BCUT2D eigenvalue weighted by molar-refractivity contribution is 7.85. The van der Waals surface area contributed by atoms with Crippen LogP contribution in [0.4, 0.5) is 26.3 Å². The number of halogens is 6. The van der Waals surface area contributed by atoms with Crippen LogP contribution < -0.4 is 4.74 Å². The first-order valence-electron chi connectivity index (χ1n) is 9.23. The van der Waals surface area contributed by atoms with Crippen molar-refractivity contribution in [2.75, 3.05) is 5.75 Å². The van der Waals surface area contributed by atoms with Crippen LogP contribution in [0.25, 0.3) is 0 Å². The maximum atomic E-state index is 13.5. The highest BCUT2D eigenvalue weighted by Gasteiger charge is 2.76. The second kappa shape index (κ2) is 9.66. The van der Waals surface area contributed by atoms with Gasteiger partial charge in [0.15, 0.2) is 0 Å². The van der Waals surface area contributed by atoms with Crippen molar-refractivity contribution >= 4 is 29.9 Å². The Hall–Kier alpha value is -3.07. The molecule has 0 aliphatic carbocycles. The Morgan fingerprint density at radius 3 is 1.94 bits per heavy atom. The fourth-order valence-electron chi connectivity index (χ4n) is 2.71. The third-order valence-corrected chi connectivity index (χ3v) is 5.23. The highest BCUT2D eigenvalue weighted by Crippen LogP contribution is 2.47. The Labute approximate surface area is 189 Å². The number of carbonyl (C=O) groups is 2. The fourth-order valence-corrected chi connectivity index (χ4v) is 3.61. The maximum absolute atomic E-state index is 13.5. The van der Waals surface area contributed by atoms with Crippen molar-refractivity contribution in [3.63, 3.8) is 0 Å². The first-order chi connectivity index (χ1) is 15.5. The van der Waals surface area contributed by atoms with Crippen LogP contribution in [0.3, 0.4) is 0 Å². The van der Waals surface area contributed by atoms with Crippen molar-refractivity contribution in [2.24, 2.45) is 0 Å². The van der Waals surface area contributed by atoms with Gasteiger partial charge in [-0.2, -0.15) is 34.8 Å². The van der Waals surface area contributed by atoms with Crippen LogP contribution in [0.1, 0.15) is 26.3 Å². The van der Waals surface area contributed by atoms with Gasteiger partial charge >= 0.3 is 29.9 Å². The number of carbonyl (C=O) groups excluding carboxylic acids is 2. The fraction of sp³-hybridized carbons (Fsp3) is 0.263. The number of alkyl halides is 6. The summed E-state index contributed by atoms with van der Waals surface area (Å²) < 4.78 is 120. The van der Waals surface area contributed by atoms with Crippen molar-refractivity contribution < 1.29 is 58.4 Å². The zero-order chi connectivity index (χ0) is 25.9. The van der Waals surface area contributed by atoms with Crippen LogP contribution in [0.5, 0.6) is 5.75 Å². The van der Waals surface area contributed by atoms with Crippen molar-refractivity contribution in [2.45, 2.75) is 24.3 Å². The Kier molecular flexibility index (Phi) is 7.72. The monoisotopic (exact) mass is 512 g/mol. The standard InChI is InChI=1S/C19H15BF6O7S/c20-9-11-6-7-13(14(8-11)32-15(27)12-4-2-1-3-5-12)16(28)33-17(18(21,22)23,19(24,25)26)10-34(29,30)31/h1-8H,9-10,20H2,(H,29,30,31). The van der Waals surface area contributed by atoms with E-state index in [4.69, 9.17) is 9.29 Å². The van der Waals surface area contributed by atoms with E-state index in [-0.39, 0.29) is 11.9 Å². The molecule has 1 N–H and O–H groups in total. The van der Waals surface area contributed by atoms with Gasteiger partial charge in [-0.25, -0.2) is 9.59 Å². The van der Waals surface area contributed by atoms with Crippen LogP contribution in [0.2, 0.25) is 0 Å². The molecule has 2 rings (SSSR count). The van der Waals surface area contributed by atoms with Gasteiger partial charge in [-0.3, -0.25) is 4.55 Å². The predicted octanol–water partition coefficient (Wildman–Crippen LogP) is 2.95. The van der Waals surface area contributed by atoms with E-state index in [9.17, 15) is 44.3 Å². The zero-order valence-electron chi connectivity index (χ0n) is 17.1. The molecule has 184 valence electrons. The van der Waals surface area contributed by atoms with Gasteiger partial charge in [-0.05, 0) is 24.3 Å². The Morgan fingerprint density at radius 2 is 1.47 bits per heavy atom. The molecule has 0 heterocycles. The van der Waals surface area contributed by atoms with Gasteiger partial charge in [0, 0.05) is 0 Å². The quantitative estimate of drug-likeness (QED) is 0.200. The molecule has 0 atom stereocenters. The highest BCUT2D eigenvalue weighted by atomic mass is 32.2. The summed E-state index contributed by atoms with van der Waals surface area (Å²) in [5.74, 6) is -7.14. The van der Waals surface area contributed by atoms with Crippen molar-refractivity contribution in [3.05, 3.63) is 65.2 Å². The van der Waals surface area contributed by atoms with E-state index < -0.39 is 57.1 Å². The van der Waals surface area contributed by atoms with Gasteiger partial charge in [-0.1, -0.05) is 36.1 Å². The van der Waals surface area contributed by atoms with Gasteiger partial charge in [0.25, 0.3) is 10.1 Å². The summed E-state index contributed by atoms with van der Waals surface area (Å²) in [6, 6.07) is 10.0. The summed E-state index contributed by atoms with van der Waals surface area (Å²) in [5.41, 5.74) is -6.28. The molecule has 0 aromatic heterocycles. The molecule has 2 aromatic rings. The minimum Gasteiger partial charge on any atom is -0.434 e. The molecule has 7 nitrogen and oxygen atoms in total. The summed E-state index contributed by atoms with van der Waals surface area (Å²) in [6.45, 7) is 0. The molecule has 0 spiro atoms. The summed E-state index contributed by atoms with van der Waals surface area (Å²) >= 11 is 0. The van der Waals surface area contributed by atoms with Gasteiger partial charge < -0.3 is 9.47 Å². The molecule has 0 fully saturated rings. The third kappa shape index (κ3) is 6.08. The number of hydrogen-bond acceptors (Lipinski definition) is 6. The second-order valence-electron chi connectivity index (χ2n) is 6.88. The SMILES string of the molecule is BCc1ccc(C(=O)OC(CS(=O)(=O)O)(C(F)(F)F)C(F)(F)F)c(OC(=O)c2ccccc2)c1. The van der Waals surface area contributed by atoms with Gasteiger partial charge in [-0.15, -0.1) is 0 Å². The largest absolute Gasteiger partial charge is 0.438 e. The molecule has 2 aromatic carbocycles. The summed E-state index contributed by atoms with van der Waals surface area (Å²) in [4.78, 5) is 24.8. The molecule has 0 saturated heterocycles. The normalized spacial score (nSPS) is 12.8. The summed E-state index contributed by atoms with van der Waals surface area (Å²) in [5, 5.41) is 0. The first-order valence-corrected chi connectivity index (χ1v) is 10.8. The smallest absolute Gasteiger partial charge is 0.434 e. The van der Waals surface area contributed by atoms with Crippen LogP contribution >= 0.6 is 0 Å². The molecular weight excluding hydrogens is 497 g/mol. The van der Waals surface area contributed by atoms with Crippen LogP contribution in [0.15, 0.2) is 48.5 Å². The van der Waals surface area contributed by atoms with E-state index in [0.29, 0.717) is 5.56 Å². The number of esters is 2. The lowest BCUT2D eigenvalue weighted by molar-refractivity contribution is -0.356. The Bertz CT molecular complexity index is 1150. The molecule has 0 unspecified atom stereocenters. The third-order valence-electron chi connectivity index (χ3n) is 4.45. The number of hydrogen-bond donors (Lipinski definition) is 1. The molecular formula is C19H15BF6O7S. The van der Waals surface area contributed by atoms with Crippen LogP contribution in [0, 0.1) is 0 Å². The molecule has 0 aliphatic heterocycles. The van der Waals surface area contributed by atoms with Gasteiger partial charge in [0.2, 0.25) is 0 Å². The molecule has 15 heteroatoms. The zero-order valence-corrected chi connectivity index (χ0v) is 17.9. The van der Waals surface area contributed by atoms with Crippen LogP contribution in [-0.4, -0.2) is 56.5 Å². The molecule has 0 saturated carbocycles. The lowest BCUT2D eigenvalue weighted by Crippen LogP contribution is -2.63. The average Bonchev–Trinajstić information content (AvgIpc) is 2.71. The minimum absolute atomic E-state index is 0.0463. The maximum Gasteiger partial charge on any atom is 0.438 e. The second-order valence-corrected chi connectivity index (χ2v) is 8.33. The van der Waals surface area contributed by atoms with Crippen molar-refractivity contribution in [1.29, 1.82) is 0 Å². The summed E-state index contributed by atoms with van der Waals surface area (Å²) in [6.07, 6.45) is -12.7. The average molecular weight is 512 g/mol. The number of benzene rings is 2. The number of rotatable bonds is 7. The topological polar surface area (TPSA) is 107 Å². The summed E-state index contributed by atoms with van der Waals surface area (Å²) in [7, 11) is -4.33. The van der Waals surface area contributed by atoms with E-state index in [2.05, 4.69) is 4.74 Å². The molecule has 0 amide bonds. The van der Waals surface area contributed by atoms with E-state index in [1.165, 1.54) is 24.3 Å². The molecule has 0 radical (unpaired) electrons. The predicted molar refractivity (Wildman–Crippen MR) is 107 cm³/mol. The lowest BCUT2D eigenvalue weighted by Gasteiger charge is -2.35. The first kappa shape index (κ1) is 27.2. The molecule has 34 heavy (non-hydrogen) atoms. The Morgan fingerprint density at radius 1 is 0.912 bits per heavy atom. The van der Waals surface area contributed by atoms with E-state index >= 15 is 0 Å². The molecule has 0 bridgehead atoms. The van der Waals surface area contributed by atoms with E-state index in [1.54, 1.807) is 13.9 Å².